The van der Waals surface area contributed by atoms with Crippen LogP contribution in [0.5, 0.6) is 0 Å². The summed E-state index contributed by atoms with van der Waals surface area (Å²) in [6.07, 6.45) is 8.15. The van der Waals surface area contributed by atoms with E-state index in [1.807, 2.05) is 0 Å². The highest BCUT2D eigenvalue weighted by molar-refractivity contribution is 7.80. The van der Waals surface area contributed by atoms with E-state index in [0.717, 1.165) is 24.2 Å². The standard InChI is InChI=1S/C13H26OS/c1-11-6-7-13(10-12(11)2)14-8-4-3-5-9-15/h11-13,15H,3-10H2,1-2H3. The predicted octanol–water partition coefficient (Wildman–Crippen LogP) is 3.93. The molecule has 0 spiro atoms. The van der Waals surface area contributed by atoms with Crippen LogP contribution in [0.4, 0.5) is 0 Å². The van der Waals surface area contributed by atoms with E-state index in [0.29, 0.717) is 6.10 Å². The smallest absolute Gasteiger partial charge is 0.0577 e. The van der Waals surface area contributed by atoms with Gasteiger partial charge in [-0.1, -0.05) is 20.3 Å². The lowest BCUT2D eigenvalue weighted by molar-refractivity contribution is 0.00114. The quantitative estimate of drug-likeness (QED) is 0.537. The first-order chi connectivity index (χ1) is 7.24. The van der Waals surface area contributed by atoms with Gasteiger partial charge < -0.3 is 4.74 Å². The average Bonchev–Trinajstić information content (AvgIpc) is 2.23. The van der Waals surface area contributed by atoms with Crippen LogP contribution in [-0.4, -0.2) is 18.5 Å². The summed E-state index contributed by atoms with van der Waals surface area (Å²) in [7, 11) is 0. The fourth-order valence-electron chi connectivity index (χ4n) is 2.29. The summed E-state index contributed by atoms with van der Waals surface area (Å²) in [5, 5.41) is 0. The van der Waals surface area contributed by atoms with Crippen molar-refractivity contribution in [3.8, 4) is 0 Å². The predicted molar refractivity (Wildman–Crippen MR) is 69.6 cm³/mol. The zero-order valence-corrected chi connectivity index (χ0v) is 11.1. The van der Waals surface area contributed by atoms with Crippen molar-refractivity contribution >= 4 is 12.6 Å². The van der Waals surface area contributed by atoms with E-state index >= 15 is 0 Å². The Labute approximate surface area is 100 Å². The largest absolute Gasteiger partial charge is 0.378 e. The Morgan fingerprint density at radius 1 is 1.07 bits per heavy atom. The molecule has 15 heavy (non-hydrogen) atoms. The molecule has 90 valence electrons. The van der Waals surface area contributed by atoms with Crippen LogP contribution in [0.1, 0.15) is 52.4 Å². The van der Waals surface area contributed by atoms with E-state index in [1.54, 1.807) is 0 Å². The van der Waals surface area contributed by atoms with Crippen molar-refractivity contribution < 1.29 is 4.74 Å². The molecule has 0 saturated heterocycles. The minimum absolute atomic E-state index is 0.548. The molecule has 0 aromatic carbocycles. The minimum atomic E-state index is 0.548. The van der Waals surface area contributed by atoms with Crippen LogP contribution in [0.3, 0.4) is 0 Å². The molecule has 1 fully saturated rings. The van der Waals surface area contributed by atoms with Crippen LogP contribution in [0.15, 0.2) is 0 Å². The molecule has 2 heteroatoms. The Morgan fingerprint density at radius 3 is 2.53 bits per heavy atom. The van der Waals surface area contributed by atoms with Gasteiger partial charge >= 0.3 is 0 Å². The highest BCUT2D eigenvalue weighted by Crippen LogP contribution is 2.30. The molecule has 0 aromatic rings. The molecule has 0 aliphatic heterocycles. The molecular weight excluding hydrogens is 204 g/mol. The van der Waals surface area contributed by atoms with Crippen LogP contribution in [0.25, 0.3) is 0 Å². The summed E-state index contributed by atoms with van der Waals surface area (Å²) in [5.74, 6) is 2.76. The number of thiol groups is 1. The first-order valence-electron chi connectivity index (χ1n) is 6.46. The molecule has 3 atom stereocenters. The van der Waals surface area contributed by atoms with E-state index in [2.05, 4.69) is 26.5 Å². The molecule has 1 aliphatic rings. The number of ether oxygens (including phenoxy) is 1. The fourth-order valence-corrected chi connectivity index (χ4v) is 2.51. The number of rotatable bonds is 6. The molecule has 0 radical (unpaired) electrons. The second-order valence-electron chi connectivity index (χ2n) is 5.04. The first kappa shape index (κ1) is 13.4. The molecule has 0 heterocycles. The summed E-state index contributed by atoms with van der Waals surface area (Å²) in [6.45, 7) is 5.69. The van der Waals surface area contributed by atoms with E-state index in [1.165, 1.54) is 38.5 Å². The Kier molecular flexibility index (Phi) is 6.74. The van der Waals surface area contributed by atoms with Crippen molar-refractivity contribution in [2.75, 3.05) is 12.4 Å². The van der Waals surface area contributed by atoms with Crippen molar-refractivity contribution in [1.82, 2.24) is 0 Å². The minimum Gasteiger partial charge on any atom is -0.378 e. The summed E-state index contributed by atoms with van der Waals surface area (Å²) in [6, 6.07) is 0. The maximum Gasteiger partial charge on any atom is 0.0577 e. The maximum atomic E-state index is 5.92. The Morgan fingerprint density at radius 2 is 1.87 bits per heavy atom. The third kappa shape index (κ3) is 5.26. The molecule has 0 aromatic heterocycles. The number of hydrogen-bond acceptors (Lipinski definition) is 2. The third-order valence-electron chi connectivity index (χ3n) is 3.71. The highest BCUT2D eigenvalue weighted by atomic mass is 32.1. The van der Waals surface area contributed by atoms with E-state index in [-0.39, 0.29) is 0 Å². The Balaban J connectivity index is 2.02. The zero-order valence-electron chi connectivity index (χ0n) is 10.2. The molecule has 1 nitrogen and oxygen atoms in total. The van der Waals surface area contributed by atoms with Gasteiger partial charge in [-0.3, -0.25) is 0 Å². The lowest BCUT2D eigenvalue weighted by Crippen LogP contribution is -2.26. The summed E-state index contributed by atoms with van der Waals surface area (Å²) in [5.41, 5.74) is 0. The van der Waals surface area contributed by atoms with Crippen LogP contribution in [0, 0.1) is 11.8 Å². The molecule has 1 aliphatic carbocycles. The molecule has 0 bridgehead atoms. The lowest BCUT2D eigenvalue weighted by Gasteiger charge is -2.31. The van der Waals surface area contributed by atoms with Gasteiger partial charge in [0.1, 0.15) is 0 Å². The molecule has 0 amide bonds. The van der Waals surface area contributed by atoms with Gasteiger partial charge in [0.2, 0.25) is 0 Å². The Bertz CT molecular complexity index is 161. The van der Waals surface area contributed by atoms with Gasteiger partial charge in [-0.15, -0.1) is 0 Å². The average molecular weight is 230 g/mol. The summed E-state index contributed by atoms with van der Waals surface area (Å²) in [4.78, 5) is 0. The fraction of sp³-hybridized carbons (Fsp3) is 1.00. The van der Waals surface area contributed by atoms with Crippen molar-refractivity contribution in [3.05, 3.63) is 0 Å². The van der Waals surface area contributed by atoms with E-state index in [9.17, 15) is 0 Å². The van der Waals surface area contributed by atoms with Crippen LogP contribution < -0.4 is 0 Å². The van der Waals surface area contributed by atoms with Crippen molar-refractivity contribution in [2.24, 2.45) is 11.8 Å². The van der Waals surface area contributed by atoms with E-state index in [4.69, 9.17) is 4.74 Å². The molecule has 3 unspecified atom stereocenters. The molecular formula is C13H26OS. The van der Waals surface area contributed by atoms with Gasteiger partial charge in [-0.05, 0) is 49.7 Å². The topological polar surface area (TPSA) is 9.23 Å². The summed E-state index contributed by atoms with van der Waals surface area (Å²) < 4.78 is 5.92. The number of unbranched alkanes of at least 4 members (excludes halogenated alkanes) is 2. The third-order valence-corrected chi connectivity index (χ3v) is 4.02. The zero-order chi connectivity index (χ0) is 11.1. The van der Waals surface area contributed by atoms with Crippen molar-refractivity contribution in [1.29, 1.82) is 0 Å². The van der Waals surface area contributed by atoms with Crippen LogP contribution >= 0.6 is 12.6 Å². The molecule has 1 saturated carbocycles. The lowest BCUT2D eigenvalue weighted by atomic mass is 9.80. The van der Waals surface area contributed by atoms with Gasteiger partial charge in [-0.25, -0.2) is 0 Å². The highest BCUT2D eigenvalue weighted by Gasteiger charge is 2.24. The van der Waals surface area contributed by atoms with E-state index < -0.39 is 0 Å². The second-order valence-corrected chi connectivity index (χ2v) is 5.49. The van der Waals surface area contributed by atoms with Gasteiger partial charge in [-0.2, -0.15) is 12.6 Å². The first-order valence-corrected chi connectivity index (χ1v) is 7.09. The molecule has 0 N–H and O–H groups in total. The van der Waals surface area contributed by atoms with Crippen molar-refractivity contribution in [3.63, 3.8) is 0 Å². The molecule has 1 rings (SSSR count). The van der Waals surface area contributed by atoms with Crippen molar-refractivity contribution in [2.45, 2.75) is 58.5 Å². The normalized spacial score (nSPS) is 31.8. The van der Waals surface area contributed by atoms with Crippen LogP contribution in [0.2, 0.25) is 0 Å². The monoisotopic (exact) mass is 230 g/mol. The van der Waals surface area contributed by atoms with Gasteiger partial charge in [0.05, 0.1) is 6.10 Å². The second kappa shape index (κ2) is 7.56. The summed E-state index contributed by atoms with van der Waals surface area (Å²) >= 11 is 4.21. The SMILES string of the molecule is CC1CCC(OCCCCCS)CC1C. The van der Waals surface area contributed by atoms with Crippen LogP contribution in [-0.2, 0) is 4.74 Å². The Hall–Kier alpha value is 0.310. The van der Waals surface area contributed by atoms with Gasteiger partial charge in [0.15, 0.2) is 0 Å². The van der Waals surface area contributed by atoms with Gasteiger partial charge in [0.25, 0.3) is 0 Å². The maximum absolute atomic E-state index is 5.92. The number of hydrogen-bond donors (Lipinski definition) is 1. The van der Waals surface area contributed by atoms with Gasteiger partial charge in [0, 0.05) is 6.61 Å².